The molecule has 2 N–H and O–H groups in total. The molecule has 7 heteroatoms. The molecule has 136 valence electrons. The van der Waals surface area contributed by atoms with E-state index in [0.29, 0.717) is 19.0 Å². The average Bonchev–Trinajstić information content (AvgIpc) is 2.65. The summed E-state index contributed by atoms with van der Waals surface area (Å²) < 4.78 is 10.8. The molecule has 2 aromatic rings. The van der Waals surface area contributed by atoms with Crippen molar-refractivity contribution in [2.24, 2.45) is 4.99 Å². The Morgan fingerprint density at radius 3 is 2.68 bits per heavy atom. The largest absolute Gasteiger partial charge is 0.494 e. The fraction of sp³-hybridized carbons (Fsp3) is 0.333. The Bertz CT molecular complexity index is 638. The highest BCUT2D eigenvalue weighted by molar-refractivity contribution is 14.0. The number of nitrogens with one attached hydrogen (secondary N) is 2. The topological polar surface area (TPSA) is 67.8 Å². The van der Waals surface area contributed by atoms with E-state index in [9.17, 15) is 0 Å². The monoisotopic (exact) mass is 456 g/mol. The van der Waals surface area contributed by atoms with Crippen LogP contribution in [0.5, 0.6) is 11.6 Å². The number of nitrogens with zero attached hydrogens (tertiary/aromatic N) is 2. The molecule has 0 unspecified atom stereocenters. The second-order valence-electron chi connectivity index (χ2n) is 5.07. The predicted molar refractivity (Wildman–Crippen MR) is 111 cm³/mol. The quantitative estimate of drug-likeness (QED) is 0.277. The van der Waals surface area contributed by atoms with Crippen LogP contribution in [-0.4, -0.2) is 38.3 Å². The molecule has 0 radical (unpaired) electrons. The second-order valence-corrected chi connectivity index (χ2v) is 5.07. The lowest BCUT2D eigenvalue weighted by Gasteiger charge is -2.12. The van der Waals surface area contributed by atoms with Crippen molar-refractivity contribution < 1.29 is 9.47 Å². The molecule has 25 heavy (non-hydrogen) atoms. The minimum Gasteiger partial charge on any atom is -0.494 e. The maximum Gasteiger partial charge on any atom is 0.213 e. The molecule has 0 amide bonds. The zero-order valence-electron chi connectivity index (χ0n) is 14.6. The normalized spacial score (nSPS) is 10.6. The van der Waals surface area contributed by atoms with E-state index in [1.165, 1.54) is 0 Å². The first-order valence-electron chi connectivity index (χ1n) is 7.93. The van der Waals surface area contributed by atoms with Crippen molar-refractivity contribution >= 4 is 29.9 Å². The summed E-state index contributed by atoms with van der Waals surface area (Å²) in [6.07, 6.45) is 2.62. The van der Waals surface area contributed by atoms with Crippen LogP contribution in [0.3, 0.4) is 0 Å². The van der Waals surface area contributed by atoms with Crippen LogP contribution in [0, 0.1) is 0 Å². The zero-order valence-corrected chi connectivity index (χ0v) is 16.9. The molecule has 1 aromatic heterocycles. The number of hydrogen-bond acceptors (Lipinski definition) is 4. The van der Waals surface area contributed by atoms with Crippen LogP contribution < -0.4 is 20.1 Å². The highest BCUT2D eigenvalue weighted by Gasteiger charge is 2.00. The van der Waals surface area contributed by atoms with Crippen LogP contribution in [0.4, 0.5) is 0 Å². The Hall–Kier alpha value is -2.03. The van der Waals surface area contributed by atoms with E-state index in [1.807, 2.05) is 42.5 Å². The van der Waals surface area contributed by atoms with Crippen molar-refractivity contribution in [1.82, 2.24) is 15.6 Å². The molecule has 0 fully saturated rings. The van der Waals surface area contributed by atoms with Gasteiger partial charge in [-0.15, -0.1) is 24.0 Å². The maximum atomic E-state index is 5.66. The first-order valence-corrected chi connectivity index (χ1v) is 7.93. The molecule has 1 heterocycles. The van der Waals surface area contributed by atoms with Crippen LogP contribution >= 0.6 is 24.0 Å². The van der Waals surface area contributed by atoms with Crippen molar-refractivity contribution in [2.75, 3.05) is 27.3 Å². The molecular weight excluding hydrogens is 431 g/mol. The SMILES string of the molecule is CN=C(NCCCOc1ccccc1)NCc1ccnc(OC)c1.I. The first kappa shape index (κ1) is 21.0. The van der Waals surface area contributed by atoms with Crippen molar-refractivity contribution in [3.8, 4) is 11.6 Å². The van der Waals surface area contributed by atoms with Gasteiger partial charge >= 0.3 is 0 Å². The van der Waals surface area contributed by atoms with Crippen molar-refractivity contribution in [3.05, 3.63) is 54.2 Å². The standard InChI is InChI=1S/C18H24N4O2.HI/c1-19-18(22-14-15-9-11-20-17(13-15)23-2)21-10-6-12-24-16-7-4-3-5-8-16;/h3-5,7-9,11,13H,6,10,12,14H2,1-2H3,(H2,19,21,22);1H. The van der Waals surface area contributed by atoms with Crippen molar-refractivity contribution in [3.63, 3.8) is 0 Å². The molecule has 0 saturated carbocycles. The third-order valence-corrected chi connectivity index (χ3v) is 3.32. The highest BCUT2D eigenvalue weighted by Crippen LogP contribution is 2.08. The maximum absolute atomic E-state index is 5.66. The Morgan fingerprint density at radius 2 is 1.96 bits per heavy atom. The van der Waals surface area contributed by atoms with Gasteiger partial charge in [-0.25, -0.2) is 4.98 Å². The summed E-state index contributed by atoms with van der Waals surface area (Å²) in [6, 6.07) is 13.7. The lowest BCUT2D eigenvalue weighted by atomic mass is 10.2. The molecule has 6 nitrogen and oxygen atoms in total. The first-order chi connectivity index (χ1) is 11.8. The van der Waals surface area contributed by atoms with E-state index in [0.717, 1.165) is 30.2 Å². The summed E-state index contributed by atoms with van der Waals surface area (Å²) in [7, 11) is 3.36. The molecular formula is C18H25IN4O2. The molecule has 0 aliphatic heterocycles. The lowest BCUT2D eigenvalue weighted by molar-refractivity contribution is 0.311. The second kappa shape index (κ2) is 12.3. The number of hydrogen-bond donors (Lipinski definition) is 2. The molecule has 0 spiro atoms. The van der Waals surface area contributed by atoms with Gasteiger partial charge in [0.15, 0.2) is 5.96 Å². The minimum atomic E-state index is 0. The van der Waals surface area contributed by atoms with Gasteiger partial charge in [-0.2, -0.15) is 0 Å². The molecule has 1 aromatic carbocycles. The van der Waals surface area contributed by atoms with Crippen molar-refractivity contribution in [2.45, 2.75) is 13.0 Å². The molecule has 0 atom stereocenters. The molecule has 0 saturated heterocycles. The van der Waals surface area contributed by atoms with Crippen molar-refractivity contribution in [1.29, 1.82) is 0 Å². The summed E-state index contributed by atoms with van der Waals surface area (Å²) >= 11 is 0. The third kappa shape index (κ3) is 8.06. The van der Waals surface area contributed by atoms with E-state index in [2.05, 4.69) is 20.6 Å². The lowest BCUT2D eigenvalue weighted by Crippen LogP contribution is -2.37. The number of halogens is 1. The number of methoxy groups -OCH3 is 1. The minimum absolute atomic E-state index is 0. The number of pyridine rings is 1. The Kier molecular flexibility index (Phi) is 10.4. The molecule has 0 aliphatic rings. The highest BCUT2D eigenvalue weighted by atomic mass is 127. The van der Waals surface area contributed by atoms with E-state index in [4.69, 9.17) is 9.47 Å². The fourth-order valence-corrected chi connectivity index (χ4v) is 2.06. The number of aliphatic imine (C=N–C) groups is 1. The van der Waals surface area contributed by atoms with Gasteiger partial charge in [0, 0.05) is 32.4 Å². The van der Waals surface area contributed by atoms with E-state index < -0.39 is 0 Å². The predicted octanol–water partition coefficient (Wildman–Crippen LogP) is 2.84. The van der Waals surface area contributed by atoms with Gasteiger partial charge in [-0.1, -0.05) is 18.2 Å². The summed E-state index contributed by atoms with van der Waals surface area (Å²) in [4.78, 5) is 8.30. The van der Waals surface area contributed by atoms with Gasteiger partial charge in [-0.3, -0.25) is 4.99 Å². The molecule has 0 bridgehead atoms. The van der Waals surface area contributed by atoms with Gasteiger partial charge in [0.05, 0.1) is 13.7 Å². The smallest absolute Gasteiger partial charge is 0.213 e. The van der Waals surface area contributed by atoms with E-state index in [-0.39, 0.29) is 24.0 Å². The van der Waals surface area contributed by atoms with Gasteiger partial charge in [0.2, 0.25) is 5.88 Å². The number of ether oxygens (including phenoxy) is 2. The molecule has 2 rings (SSSR count). The van der Waals surface area contributed by atoms with Crippen LogP contribution in [0.1, 0.15) is 12.0 Å². The number of aromatic nitrogens is 1. The van der Waals surface area contributed by atoms with Crippen LogP contribution in [0.15, 0.2) is 53.7 Å². The van der Waals surface area contributed by atoms with Crippen LogP contribution in [0.2, 0.25) is 0 Å². The summed E-state index contributed by atoms with van der Waals surface area (Å²) in [5.74, 6) is 2.26. The average molecular weight is 456 g/mol. The van der Waals surface area contributed by atoms with Crippen LogP contribution in [-0.2, 0) is 6.54 Å². The summed E-state index contributed by atoms with van der Waals surface area (Å²) in [5.41, 5.74) is 1.08. The molecule has 0 aliphatic carbocycles. The number of rotatable bonds is 8. The van der Waals surface area contributed by atoms with Gasteiger partial charge in [0.1, 0.15) is 5.75 Å². The van der Waals surface area contributed by atoms with E-state index >= 15 is 0 Å². The Balaban J connectivity index is 0.00000312. The Morgan fingerprint density at radius 1 is 1.16 bits per heavy atom. The zero-order chi connectivity index (χ0) is 17.0. The van der Waals surface area contributed by atoms with Gasteiger partial charge in [-0.05, 0) is 30.2 Å². The number of para-hydroxylation sites is 1. The summed E-state index contributed by atoms with van der Waals surface area (Å²) in [5, 5.41) is 6.53. The Labute approximate surface area is 166 Å². The number of guanidine groups is 1. The van der Waals surface area contributed by atoms with Gasteiger partial charge < -0.3 is 20.1 Å². The summed E-state index contributed by atoms with van der Waals surface area (Å²) in [6.45, 7) is 2.10. The van der Waals surface area contributed by atoms with Gasteiger partial charge in [0.25, 0.3) is 0 Å². The fourth-order valence-electron chi connectivity index (χ4n) is 2.06. The third-order valence-electron chi connectivity index (χ3n) is 3.32. The van der Waals surface area contributed by atoms with Crippen LogP contribution in [0.25, 0.3) is 0 Å². The van der Waals surface area contributed by atoms with E-state index in [1.54, 1.807) is 20.4 Å². The number of benzene rings is 1.